The van der Waals surface area contributed by atoms with Crippen molar-refractivity contribution in [1.29, 1.82) is 0 Å². The Labute approximate surface area is 157 Å². The summed E-state index contributed by atoms with van der Waals surface area (Å²) in [6.07, 6.45) is 4.20. The van der Waals surface area contributed by atoms with E-state index in [1.807, 2.05) is 42.6 Å². The van der Waals surface area contributed by atoms with E-state index in [1.54, 1.807) is 6.20 Å². The van der Waals surface area contributed by atoms with E-state index in [0.29, 0.717) is 25.6 Å². The fourth-order valence-electron chi connectivity index (χ4n) is 3.64. The molecular formula is C20H20N6O. The summed E-state index contributed by atoms with van der Waals surface area (Å²) in [5.74, 6) is 2.30. The van der Waals surface area contributed by atoms with Crippen molar-refractivity contribution in [2.45, 2.75) is 25.6 Å². The highest BCUT2D eigenvalue weighted by molar-refractivity contribution is 5.56. The molecule has 1 atom stereocenters. The Morgan fingerprint density at radius 3 is 2.67 bits per heavy atom. The zero-order valence-electron chi connectivity index (χ0n) is 14.9. The highest BCUT2D eigenvalue weighted by Gasteiger charge is 2.26. The summed E-state index contributed by atoms with van der Waals surface area (Å²) in [4.78, 5) is 22.7. The van der Waals surface area contributed by atoms with Crippen LogP contribution in [0.4, 0.5) is 11.8 Å². The molecule has 0 bridgehead atoms. The predicted octanol–water partition coefficient (Wildman–Crippen LogP) is 2.02. The molecule has 5 rings (SSSR count). The Kier molecular flexibility index (Phi) is 3.94. The minimum Gasteiger partial charge on any atom is -0.391 e. The summed E-state index contributed by atoms with van der Waals surface area (Å²) in [7, 11) is 0. The maximum atomic E-state index is 9.77. The number of β-amino-alcohol motifs (C(OH)–C–C–N with tert-alkyl or cyclic N) is 1. The van der Waals surface area contributed by atoms with Gasteiger partial charge in [-0.1, -0.05) is 30.3 Å². The molecule has 1 aromatic carbocycles. The molecule has 3 aromatic rings. The van der Waals surface area contributed by atoms with Crippen molar-refractivity contribution in [3.63, 3.8) is 0 Å². The van der Waals surface area contributed by atoms with Crippen LogP contribution in [0.25, 0.3) is 11.4 Å². The molecule has 1 N–H and O–H groups in total. The van der Waals surface area contributed by atoms with E-state index in [1.165, 1.54) is 0 Å². The number of anilines is 2. The topological polar surface area (TPSA) is 78.3 Å². The van der Waals surface area contributed by atoms with Crippen molar-refractivity contribution in [2.75, 3.05) is 22.9 Å². The number of aromatic nitrogens is 4. The van der Waals surface area contributed by atoms with Crippen LogP contribution in [0.5, 0.6) is 0 Å². The standard InChI is InChI=1S/C20H20N6O/c27-16-7-9-25(12-16)18-6-8-21-20(24-18)26-11-15-10-22-19(23-17(15)13-26)14-4-2-1-3-5-14/h1-6,8,10,16,27H,7,9,11-13H2/t16-/m1/s1. The lowest BCUT2D eigenvalue weighted by Crippen LogP contribution is -2.24. The Balaban J connectivity index is 1.38. The van der Waals surface area contributed by atoms with E-state index in [0.717, 1.165) is 41.4 Å². The van der Waals surface area contributed by atoms with Gasteiger partial charge in [-0.2, -0.15) is 4.98 Å². The lowest BCUT2D eigenvalue weighted by atomic mass is 10.2. The summed E-state index contributed by atoms with van der Waals surface area (Å²) >= 11 is 0. The van der Waals surface area contributed by atoms with E-state index in [4.69, 9.17) is 9.97 Å². The van der Waals surface area contributed by atoms with Crippen LogP contribution in [0, 0.1) is 0 Å². The fraction of sp³-hybridized carbons (Fsp3) is 0.300. The third-order valence-corrected chi connectivity index (χ3v) is 5.09. The number of hydrogen-bond donors (Lipinski definition) is 1. The molecule has 7 heteroatoms. The molecule has 2 aliphatic heterocycles. The Morgan fingerprint density at radius 2 is 1.85 bits per heavy atom. The number of nitrogens with zero attached hydrogens (tertiary/aromatic N) is 6. The summed E-state index contributed by atoms with van der Waals surface area (Å²) in [6.45, 7) is 2.83. The first-order chi connectivity index (χ1) is 13.3. The van der Waals surface area contributed by atoms with Gasteiger partial charge in [0.15, 0.2) is 5.82 Å². The molecule has 136 valence electrons. The molecule has 1 fully saturated rings. The molecule has 2 aromatic heterocycles. The van der Waals surface area contributed by atoms with Crippen molar-refractivity contribution in [2.24, 2.45) is 0 Å². The summed E-state index contributed by atoms with van der Waals surface area (Å²) in [5, 5.41) is 9.77. The Hall–Kier alpha value is -3.06. The Bertz CT molecular complexity index is 964. The number of aliphatic hydroxyl groups is 1. The minimum absolute atomic E-state index is 0.272. The van der Waals surface area contributed by atoms with Gasteiger partial charge in [0.25, 0.3) is 0 Å². The molecule has 1 saturated heterocycles. The molecule has 27 heavy (non-hydrogen) atoms. The molecule has 0 aliphatic carbocycles. The van der Waals surface area contributed by atoms with E-state index in [-0.39, 0.29) is 6.10 Å². The van der Waals surface area contributed by atoms with E-state index in [2.05, 4.69) is 19.8 Å². The smallest absolute Gasteiger partial charge is 0.227 e. The minimum atomic E-state index is -0.272. The lowest BCUT2D eigenvalue weighted by Gasteiger charge is -2.20. The van der Waals surface area contributed by atoms with Gasteiger partial charge in [-0.15, -0.1) is 0 Å². The quantitative estimate of drug-likeness (QED) is 0.765. The van der Waals surface area contributed by atoms with Crippen LogP contribution in [0.2, 0.25) is 0 Å². The largest absolute Gasteiger partial charge is 0.391 e. The average Bonchev–Trinajstić information content (AvgIpc) is 3.34. The van der Waals surface area contributed by atoms with Gasteiger partial charge in [0.2, 0.25) is 5.95 Å². The van der Waals surface area contributed by atoms with Crippen molar-refractivity contribution in [1.82, 2.24) is 19.9 Å². The molecular weight excluding hydrogens is 340 g/mol. The second-order valence-electron chi connectivity index (χ2n) is 6.99. The first kappa shape index (κ1) is 16.1. The molecule has 0 amide bonds. The molecule has 7 nitrogen and oxygen atoms in total. The normalized spacial score (nSPS) is 18.8. The zero-order valence-corrected chi connectivity index (χ0v) is 14.9. The fourth-order valence-corrected chi connectivity index (χ4v) is 3.64. The summed E-state index contributed by atoms with van der Waals surface area (Å²) in [6, 6.07) is 11.9. The lowest BCUT2D eigenvalue weighted by molar-refractivity contribution is 0.198. The van der Waals surface area contributed by atoms with Crippen LogP contribution >= 0.6 is 0 Å². The highest BCUT2D eigenvalue weighted by atomic mass is 16.3. The van der Waals surface area contributed by atoms with Crippen molar-refractivity contribution in [3.05, 3.63) is 60.0 Å². The van der Waals surface area contributed by atoms with E-state index < -0.39 is 0 Å². The van der Waals surface area contributed by atoms with Gasteiger partial charge in [0.1, 0.15) is 5.82 Å². The molecule has 0 spiro atoms. The molecule has 2 aliphatic rings. The van der Waals surface area contributed by atoms with Gasteiger partial charge >= 0.3 is 0 Å². The first-order valence-corrected chi connectivity index (χ1v) is 9.17. The molecule has 4 heterocycles. The monoisotopic (exact) mass is 360 g/mol. The van der Waals surface area contributed by atoms with Gasteiger partial charge in [0, 0.05) is 43.2 Å². The van der Waals surface area contributed by atoms with Gasteiger partial charge in [0.05, 0.1) is 18.3 Å². The molecule has 0 unspecified atom stereocenters. The van der Waals surface area contributed by atoms with E-state index in [9.17, 15) is 5.11 Å². The summed E-state index contributed by atoms with van der Waals surface area (Å²) < 4.78 is 0. The van der Waals surface area contributed by atoms with Crippen LogP contribution in [0.1, 0.15) is 17.7 Å². The number of benzene rings is 1. The Morgan fingerprint density at radius 1 is 0.963 bits per heavy atom. The maximum Gasteiger partial charge on any atom is 0.227 e. The van der Waals surface area contributed by atoms with Crippen LogP contribution in [0.15, 0.2) is 48.8 Å². The predicted molar refractivity (Wildman–Crippen MR) is 102 cm³/mol. The molecule has 0 saturated carbocycles. The second kappa shape index (κ2) is 6.59. The van der Waals surface area contributed by atoms with Gasteiger partial charge in [-0.05, 0) is 12.5 Å². The third kappa shape index (κ3) is 3.10. The first-order valence-electron chi connectivity index (χ1n) is 9.17. The van der Waals surface area contributed by atoms with Crippen LogP contribution < -0.4 is 9.80 Å². The number of fused-ring (bicyclic) bond motifs is 1. The zero-order chi connectivity index (χ0) is 18.2. The van der Waals surface area contributed by atoms with E-state index >= 15 is 0 Å². The van der Waals surface area contributed by atoms with Crippen molar-refractivity contribution >= 4 is 11.8 Å². The SMILES string of the molecule is O[C@@H]1CCN(c2ccnc(N3Cc4cnc(-c5ccccc5)nc4C3)n2)C1. The van der Waals surface area contributed by atoms with Crippen LogP contribution in [-0.2, 0) is 13.1 Å². The number of rotatable bonds is 3. The van der Waals surface area contributed by atoms with Crippen molar-refractivity contribution < 1.29 is 5.11 Å². The van der Waals surface area contributed by atoms with Crippen LogP contribution in [0.3, 0.4) is 0 Å². The average molecular weight is 360 g/mol. The van der Waals surface area contributed by atoms with Crippen molar-refractivity contribution in [3.8, 4) is 11.4 Å². The van der Waals surface area contributed by atoms with Gasteiger partial charge in [-0.25, -0.2) is 15.0 Å². The van der Waals surface area contributed by atoms with Crippen LogP contribution in [-0.4, -0.2) is 44.2 Å². The number of aliphatic hydroxyl groups excluding tert-OH is 1. The number of hydrogen-bond acceptors (Lipinski definition) is 7. The third-order valence-electron chi connectivity index (χ3n) is 5.09. The second-order valence-corrected chi connectivity index (χ2v) is 6.99. The molecule has 0 radical (unpaired) electrons. The van der Waals surface area contributed by atoms with Gasteiger partial charge < -0.3 is 14.9 Å². The highest BCUT2D eigenvalue weighted by Crippen LogP contribution is 2.27. The summed E-state index contributed by atoms with van der Waals surface area (Å²) in [5.41, 5.74) is 3.15. The maximum absolute atomic E-state index is 9.77. The van der Waals surface area contributed by atoms with Gasteiger partial charge in [-0.3, -0.25) is 0 Å².